The van der Waals surface area contributed by atoms with E-state index in [1.807, 2.05) is 11.8 Å². The zero-order valence-corrected chi connectivity index (χ0v) is 20.8. The fraction of sp³-hybridized carbons (Fsp3) is 0.520. The molecular weight excluding hydrogens is 376 g/mol. The van der Waals surface area contributed by atoms with E-state index in [1.54, 1.807) is 5.19 Å². The zero-order valence-electron chi connectivity index (χ0n) is 19.0. The molecule has 0 amide bonds. The number of thioether (sulfide) groups is 1. The highest BCUT2D eigenvalue weighted by molar-refractivity contribution is 8.01. The molecule has 0 saturated heterocycles. The molecule has 0 radical (unpaired) electrons. The first-order valence-electron chi connectivity index (χ1n) is 10.5. The minimum Gasteiger partial charge on any atom is -0.507 e. The Morgan fingerprint density at radius 2 is 1.29 bits per heavy atom. The Morgan fingerprint density at radius 1 is 0.821 bits per heavy atom. The van der Waals surface area contributed by atoms with E-state index in [-0.39, 0.29) is 10.8 Å². The summed E-state index contributed by atoms with van der Waals surface area (Å²) in [6.07, 6.45) is 0. The van der Waals surface area contributed by atoms with Crippen LogP contribution in [0.2, 0.25) is 12.1 Å². The summed E-state index contributed by atoms with van der Waals surface area (Å²) in [5, 5.41) is 13.7. The van der Waals surface area contributed by atoms with Crippen LogP contribution in [0.3, 0.4) is 0 Å². The third-order valence-electron chi connectivity index (χ3n) is 5.95. The first-order chi connectivity index (χ1) is 12.9. The molecule has 0 aliphatic heterocycles. The van der Waals surface area contributed by atoms with Crippen molar-refractivity contribution in [2.45, 2.75) is 83.2 Å². The van der Waals surface area contributed by atoms with Gasteiger partial charge in [0.25, 0.3) is 0 Å². The molecule has 0 aromatic heterocycles. The Hall–Kier alpha value is -1.19. The van der Waals surface area contributed by atoms with Crippen LogP contribution in [-0.2, 0) is 10.8 Å². The Bertz CT molecular complexity index is 745. The molecule has 28 heavy (non-hydrogen) atoms. The van der Waals surface area contributed by atoms with Crippen LogP contribution in [0.1, 0.15) is 66.5 Å². The summed E-state index contributed by atoms with van der Waals surface area (Å²) in [7, 11) is -1.54. The molecule has 0 aliphatic rings. The van der Waals surface area contributed by atoms with Gasteiger partial charge in [-0.2, -0.15) is 0 Å². The largest absolute Gasteiger partial charge is 0.507 e. The van der Waals surface area contributed by atoms with Crippen molar-refractivity contribution >= 4 is 25.0 Å². The second-order valence-corrected chi connectivity index (χ2v) is 16.5. The molecule has 0 fully saturated rings. The molecule has 154 valence electrons. The summed E-state index contributed by atoms with van der Waals surface area (Å²) < 4.78 is 0. The van der Waals surface area contributed by atoms with E-state index in [0.29, 0.717) is 5.75 Å². The van der Waals surface area contributed by atoms with Crippen molar-refractivity contribution in [2.75, 3.05) is 5.38 Å². The lowest BCUT2D eigenvalue weighted by molar-refractivity contribution is 0.422. The average Bonchev–Trinajstić information content (AvgIpc) is 2.63. The van der Waals surface area contributed by atoms with E-state index >= 15 is 0 Å². The molecule has 3 heteroatoms. The van der Waals surface area contributed by atoms with Crippen molar-refractivity contribution in [2.24, 2.45) is 0 Å². The molecule has 0 atom stereocenters. The fourth-order valence-corrected chi connectivity index (χ4v) is 10.5. The molecule has 2 aromatic carbocycles. The maximum Gasteiger partial charge on any atom is 0.123 e. The summed E-state index contributed by atoms with van der Waals surface area (Å²) in [5.41, 5.74) is 1.96. The number of phenolic OH excluding ortho intramolecular Hbond substituents is 1. The molecule has 0 bridgehead atoms. The summed E-state index contributed by atoms with van der Waals surface area (Å²) in [6.45, 7) is 17.8. The van der Waals surface area contributed by atoms with E-state index in [0.717, 1.165) is 11.1 Å². The van der Waals surface area contributed by atoms with Crippen molar-refractivity contribution < 1.29 is 5.11 Å². The molecule has 1 N–H and O–H groups in total. The Balaban J connectivity index is 2.45. The van der Waals surface area contributed by atoms with Gasteiger partial charge in [0, 0.05) is 16.0 Å². The minimum atomic E-state index is -1.54. The van der Waals surface area contributed by atoms with Crippen LogP contribution in [0.15, 0.2) is 47.4 Å². The number of hydrogen-bond donors (Lipinski definition) is 1. The molecular formula is C25H38OSSi. The highest BCUT2D eigenvalue weighted by atomic mass is 32.2. The third-order valence-corrected chi connectivity index (χ3v) is 13.6. The quantitative estimate of drug-likeness (QED) is 0.405. The summed E-state index contributed by atoms with van der Waals surface area (Å²) in [5.74, 6) is 0.474. The van der Waals surface area contributed by atoms with Gasteiger partial charge in [0.2, 0.25) is 0 Å². The van der Waals surface area contributed by atoms with Crippen molar-refractivity contribution in [1.29, 1.82) is 0 Å². The Labute approximate surface area is 178 Å². The maximum absolute atomic E-state index is 11.0. The van der Waals surface area contributed by atoms with Gasteiger partial charge in [0.05, 0.1) is 8.07 Å². The third kappa shape index (κ3) is 5.04. The first kappa shape index (κ1) is 23.1. The average molecular weight is 415 g/mol. The molecule has 2 aromatic rings. The Morgan fingerprint density at radius 3 is 1.68 bits per heavy atom. The van der Waals surface area contributed by atoms with Crippen molar-refractivity contribution in [3.63, 3.8) is 0 Å². The van der Waals surface area contributed by atoms with Gasteiger partial charge in [-0.15, -0.1) is 11.8 Å². The van der Waals surface area contributed by atoms with E-state index in [1.165, 1.54) is 22.4 Å². The van der Waals surface area contributed by atoms with E-state index < -0.39 is 8.07 Å². The van der Waals surface area contributed by atoms with Gasteiger partial charge < -0.3 is 5.11 Å². The van der Waals surface area contributed by atoms with Crippen molar-refractivity contribution in [1.82, 2.24) is 0 Å². The molecule has 0 spiro atoms. The zero-order chi connectivity index (χ0) is 21.2. The molecule has 2 rings (SSSR count). The monoisotopic (exact) mass is 414 g/mol. The van der Waals surface area contributed by atoms with Crippen molar-refractivity contribution in [3.8, 4) is 5.75 Å². The van der Waals surface area contributed by atoms with Gasteiger partial charge >= 0.3 is 0 Å². The fourth-order valence-electron chi connectivity index (χ4n) is 3.79. The maximum atomic E-state index is 11.0. The number of benzene rings is 2. The molecule has 0 unspecified atom stereocenters. The number of hydrogen-bond acceptors (Lipinski definition) is 2. The number of rotatable bonds is 6. The highest BCUT2D eigenvalue weighted by Crippen LogP contribution is 2.42. The van der Waals surface area contributed by atoms with E-state index in [2.05, 4.69) is 97.9 Å². The van der Waals surface area contributed by atoms with Gasteiger partial charge in [0.1, 0.15) is 5.75 Å². The second-order valence-electron chi connectivity index (χ2n) is 10.0. The van der Waals surface area contributed by atoms with Crippen LogP contribution < -0.4 is 5.19 Å². The lowest BCUT2D eigenvalue weighted by Crippen LogP contribution is -2.49. The van der Waals surface area contributed by atoms with Gasteiger partial charge in [-0.1, -0.05) is 103 Å². The predicted octanol–water partition coefficient (Wildman–Crippen LogP) is 7.01. The molecule has 0 heterocycles. The molecule has 0 saturated carbocycles. The van der Waals surface area contributed by atoms with Gasteiger partial charge in [-0.3, -0.25) is 0 Å². The standard InChI is InChI=1S/C25H38OSSi/c1-9-28(10-2,20-14-12-11-13-15-20)18-27-19-16-21(24(3,4)5)23(26)22(17-19)25(6,7)8/h11-17,26H,9-10,18H2,1-8H3. The predicted molar refractivity (Wildman–Crippen MR) is 129 cm³/mol. The normalized spacial score (nSPS) is 13.0. The second kappa shape index (κ2) is 8.67. The highest BCUT2D eigenvalue weighted by Gasteiger charge is 2.32. The number of phenols is 1. The van der Waals surface area contributed by atoms with Gasteiger partial charge in [-0.05, 0) is 28.3 Å². The summed E-state index contributed by atoms with van der Waals surface area (Å²) >= 11 is 1.99. The summed E-state index contributed by atoms with van der Waals surface area (Å²) in [4.78, 5) is 1.29. The van der Waals surface area contributed by atoms with Crippen LogP contribution in [0, 0.1) is 0 Å². The number of aromatic hydroxyl groups is 1. The topological polar surface area (TPSA) is 20.2 Å². The smallest absolute Gasteiger partial charge is 0.123 e. The minimum absolute atomic E-state index is 0.0793. The van der Waals surface area contributed by atoms with E-state index in [4.69, 9.17) is 0 Å². The molecule has 1 nitrogen and oxygen atoms in total. The van der Waals surface area contributed by atoms with Gasteiger partial charge in [0.15, 0.2) is 0 Å². The molecule has 0 aliphatic carbocycles. The van der Waals surface area contributed by atoms with Gasteiger partial charge in [-0.25, -0.2) is 0 Å². The van der Waals surface area contributed by atoms with Crippen LogP contribution in [0.4, 0.5) is 0 Å². The van der Waals surface area contributed by atoms with Crippen LogP contribution in [-0.4, -0.2) is 18.6 Å². The first-order valence-corrected chi connectivity index (χ1v) is 14.1. The lowest BCUT2D eigenvalue weighted by Gasteiger charge is -2.31. The van der Waals surface area contributed by atoms with E-state index in [9.17, 15) is 5.11 Å². The SMILES string of the molecule is CC[Si](CC)(CSc1cc(C(C)(C)C)c(O)c(C(C)(C)C)c1)c1ccccc1. The van der Waals surface area contributed by atoms with Crippen molar-refractivity contribution in [3.05, 3.63) is 53.6 Å². The van der Waals surface area contributed by atoms with Crippen LogP contribution in [0.5, 0.6) is 5.75 Å². The lowest BCUT2D eigenvalue weighted by atomic mass is 9.79. The Kier molecular flexibility index (Phi) is 7.15. The van der Waals surface area contributed by atoms with Crippen LogP contribution >= 0.6 is 11.8 Å². The van der Waals surface area contributed by atoms with Crippen LogP contribution in [0.25, 0.3) is 0 Å². The summed E-state index contributed by atoms with van der Waals surface area (Å²) in [6, 6.07) is 18.1.